The first-order chi connectivity index (χ1) is 11.4. The SMILES string of the molecule is c1cc(Oc2cccc(C3=NCCN3)c2)cc(C2=NCCN2)c1. The zero-order chi connectivity index (χ0) is 15.5. The van der Waals surface area contributed by atoms with Crippen molar-refractivity contribution >= 4 is 11.7 Å². The Morgan fingerprint density at radius 3 is 1.70 bits per heavy atom. The highest BCUT2D eigenvalue weighted by Gasteiger charge is 2.11. The third kappa shape index (κ3) is 3.04. The highest BCUT2D eigenvalue weighted by Crippen LogP contribution is 2.24. The molecule has 0 radical (unpaired) electrons. The van der Waals surface area contributed by atoms with Crippen molar-refractivity contribution in [2.24, 2.45) is 9.98 Å². The lowest BCUT2D eigenvalue weighted by atomic mass is 10.2. The van der Waals surface area contributed by atoms with Gasteiger partial charge in [0.05, 0.1) is 13.1 Å². The number of aliphatic imine (C=N–C) groups is 2. The lowest BCUT2D eigenvalue weighted by Crippen LogP contribution is -2.19. The summed E-state index contributed by atoms with van der Waals surface area (Å²) in [4.78, 5) is 8.89. The van der Waals surface area contributed by atoms with E-state index in [0.717, 1.165) is 60.5 Å². The number of nitrogens with zero attached hydrogens (tertiary/aromatic N) is 2. The van der Waals surface area contributed by atoms with Gasteiger partial charge < -0.3 is 15.4 Å². The van der Waals surface area contributed by atoms with E-state index in [4.69, 9.17) is 4.74 Å². The average molecular weight is 306 g/mol. The highest BCUT2D eigenvalue weighted by molar-refractivity contribution is 6.00. The normalized spacial score (nSPS) is 16.3. The average Bonchev–Trinajstić information content (AvgIpc) is 3.29. The summed E-state index contributed by atoms with van der Waals surface area (Å²) in [6.45, 7) is 3.46. The van der Waals surface area contributed by atoms with E-state index in [1.807, 2.05) is 48.5 Å². The van der Waals surface area contributed by atoms with Gasteiger partial charge in [0, 0.05) is 24.2 Å². The van der Waals surface area contributed by atoms with E-state index in [0.29, 0.717) is 0 Å². The number of amidine groups is 2. The van der Waals surface area contributed by atoms with Crippen LogP contribution in [0.2, 0.25) is 0 Å². The molecule has 2 aliphatic rings. The molecule has 4 rings (SSSR count). The molecule has 0 fully saturated rings. The van der Waals surface area contributed by atoms with Gasteiger partial charge in [-0.25, -0.2) is 0 Å². The largest absolute Gasteiger partial charge is 0.457 e. The van der Waals surface area contributed by atoms with E-state index in [-0.39, 0.29) is 0 Å². The topological polar surface area (TPSA) is 58.0 Å². The Kier molecular flexibility index (Phi) is 3.68. The molecule has 0 aromatic heterocycles. The Morgan fingerprint density at radius 2 is 1.26 bits per heavy atom. The molecule has 5 nitrogen and oxygen atoms in total. The molecular formula is C18H18N4O. The summed E-state index contributed by atoms with van der Waals surface area (Å²) >= 11 is 0. The molecule has 0 bridgehead atoms. The fraction of sp³-hybridized carbons (Fsp3) is 0.222. The van der Waals surface area contributed by atoms with Crippen LogP contribution < -0.4 is 15.4 Å². The summed E-state index contributed by atoms with van der Waals surface area (Å²) in [6, 6.07) is 16.0. The Labute approximate surface area is 135 Å². The molecule has 2 aromatic rings. The van der Waals surface area contributed by atoms with Gasteiger partial charge in [-0.1, -0.05) is 24.3 Å². The van der Waals surface area contributed by atoms with Crippen LogP contribution in [0, 0.1) is 0 Å². The maximum Gasteiger partial charge on any atom is 0.128 e. The van der Waals surface area contributed by atoms with Gasteiger partial charge in [-0.05, 0) is 24.3 Å². The van der Waals surface area contributed by atoms with E-state index in [9.17, 15) is 0 Å². The monoisotopic (exact) mass is 306 g/mol. The molecule has 0 spiro atoms. The van der Waals surface area contributed by atoms with Crippen LogP contribution >= 0.6 is 0 Å². The summed E-state index contributed by atoms with van der Waals surface area (Å²) in [7, 11) is 0. The number of benzene rings is 2. The van der Waals surface area contributed by atoms with Gasteiger partial charge in [-0.2, -0.15) is 0 Å². The molecule has 0 saturated heterocycles. The van der Waals surface area contributed by atoms with Crippen molar-refractivity contribution in [1.29, 1.82) is 0 Å². The molecule has 0 aliphatic carbocycles. The van der Waals surface area contributed by atoms with Crippen molar-refractivity contribution in [2.45, 2.75) is 0 Å². The third-order valence-corrected chi connectivity index (χ3v) is 3.80. The van der Waals surface area contributed by atoms with Gasteiger partial charge in [-0.15, -0.1) is 0 Å². The molecule has 2 N–H and O–H groups in total. The maximum absolute atomic E-state index is 6.01. The molecule has 116 valence electrons. The fourth-order valence-corrected chi connectivity index (χ4v) is 2.73. The number of ether oxygens (including phenoxy) is 1. The minimum Gasteiger partial charge on any atom is -0.457 e. The minimum absolute atomic E-state index is 0.803. The first-order valence-corrected chi connectivity index (χ1v) is 7.84. The second kappa shape index (κ2) is 6.12. The number of hydrogen-bond donors (Lipinski definition) is 2. The highest BCUT2D eigenvalue weighted by atomic mass is 16.5. The summed E-state index contributed by atoms with van der Waals surface area (Å²) < 4.78 is 6.01. The molecule has 23 heavy (non-hydrogen) atoms. The fourth-order valence-electron chi connectivity index (χ4n) is 2.73. The van der Waals surface area contributed by atoms with Crippen LogP contribution in [0.5, 0.6) is 11.5 Å². The van der Waals surface area contributed by atoms with Crippen molar-refractivity contribution in [3.05, 3.63) is 59.7 Å². The van der Waals surface area contributed by atoms with Crippen molar-refractivity contribution in [1.82, 2.24) is 10.6 Å². The summed E-state index contributed by atoms with van der Waals surface area (Å²) in [5.74, 6) is 3.48. The van der Waals surface area contributed by atoms with Crippen LogP contribution in [0.25, 0.3) is 0 Å². The van der Waals surface area contributed by atoms with Crippen LogP contribution in [0.15, 0.2) is 58.5 Å². The van der Waals surface area contributed by atoms with E-state index in [2.05, 4.69) is 20.6 Å². The zero-order valence-electron chi connectivity index (χ0n) is 12.7. The van der Waals surface area contributed by atoms with Crippen LogP contribution in [0.1, 0.15) is 11.1 Å². The second-order valence-electron chi connectivity index (χ2n) is 5.47. The van der Waals surface area contributed by atoms with E-state index in [1.54, 1.807) is 0 Å². The number of hydrogen-bond acceptors (Lipinski definition) is 5. The molecule has 0 amide bonds. The predicted molar refractivity (Wildman–Crippen MR) is 91.8 cm³/mol. The standard InChI is InChI=1S/C18H18N4O/c1-3-13(17-19-7-8-20-17)11-15(5-1)23-16-6-2-4-14(12-16)18-21-9-10-22-18/h1-6,11-12H,7-10H2,(H,19,20)(H,21,22). The first kappa shape index (κ1) is 13.8. The Hall–Kier alpha value is -2.82. The summed E-state index contributed by atoms with van der Waals surface area (Å²) in [5.41, 5.74) is 2.11. The Bertz CT molecular complexity index is 717. The van der Waals surface area contributed by atoms with Gasteiger partial charge in [-0.3, -0.25) is 9.98 Å². The Morgan fingerprint density at radius 1 is 0.739 bits per heavy atom. The Balaban J connectivity index is 1.56. The van der Waals surface area contributed by atoms with E-state index in [1.165, 1.54) is 0 Å². The number of nitrogens with one attached hydrogen (secondary N) is 2. The maximum atomic E-state index is 6.01. The molecule has 0 saturated carbocycles. The molecule has 0 atom stereocenters. The van der Waals surface area contributed by atoms with Crippen molar-refractivity contribution in [3.8, 4) is 11.5 Å². The summed E-state index contributed by atoms with van der Waals surface area (Å²) in [5, 5.41) is 6.56. The minimum atomic E-state index is 0.803. The van der Waals surface area contributed by atoms with Crippen molar-refractivity contribution < 1.29 is 4.74 Å². The lowest BCUT2D eigenvalue weighted by molar-refractivity contribution is 0.482. The van der Waals surface area contributed by atoms with Gasteiger partial charge in [0.15, 0.2) is 0 Å². The van der Waals surface area contributed by atoms with Crippen molar-refractivity contribution in [3.63, 3.8) is 0 Å². The van der Waals surface area contributed by atoms with Gasteiger partial charge in [0.25, 0.3) is 0 Å². The predicted octanol–water partition coefficient (Wildman–Crippen LogP) is 2.18. The summed E-state index contributed by atoms with van der Waals surface area (Å²) in [6.07, 6.45) is 0. The smallest absolute Gasteiger partial charge is 0.128 e. The molecule has 2 aromatic carbocycles. The molecule has 2 heterocycles. The number of rotatable bonds is 4. The van der Waals surface area contributed by atoms with Crippen LogP contribution in [0.4, 0.5) is 0 Å². The first-order valence-electron chi connectivity index (χ1n) is 7.84. The third-order valence-electron chi connectivity index (χ3n) is 3.80. The van der Waals surface area contributed by atoms with E-state index < -0.39 is 0 Å². The van der Waals surface area contributed by atoms with Crippen LogP contribution in [-0.4, -0.2) is 37.9 Å². The molecular weight excluding hydrogens is 288 g/mol. The van der Waals surface area contributed by atoms with Gasteiger partial charge >= 0.3 is 0 Å². The lowest BCUT2D eigenvalue weighted by Gasteiger charge is -2.10. The van der Waals surface area contributed by atoms with E-state index >= 15 is 0 Å². The second-order valence-corrected chi connectivity index (χ2v) is 5.47. The van der Waals surface area contributed by atoms with Gasteiger partial charge in [0.1, 0.15) is 23.2 Å². The van der Waals surface area contributed by atoms with Crippen LogP contribution in [0.3, 0.4) is 0 Å². The molecule has 5 heteroatoms. The molecule has 0 unspecified atom stereocenters. The zero-order valence-corrected chi connectivity index (χ0v) is 12.7. The van der Waals surface area contributed by atoms with Crippen LogP contribution in [-0.2, 0) is 0 Å². The quantitative estimate of drug-likeness (QED) is 0.910. The van der Waals surface area contributed by atoms with Crippen molar-refractivity contribution in [2.75, 3.05) is 26.2 Å². The molecule has 2 aliphatic heterocycles. The van der Waals surface area contributed by atoms with Gasteiger partial charge in [0.2, 0.25) is 0 Å².